The fraction of sp³-hybridized carbons (Fsp3) is 0.312. The molecule has 2 aromatic carbocycles. The number of nitrogens with two attached hydrogens (primary N) is 2. The van der Waals surface area contributed by atoms with Crippen LogP contribution in [-0.2, 0) is 0 Å². The zero-order chi connectivity index (χ0) is 33.4. The maximum Gasteiger partial charge on any atom is 0.395 e. The molecule has 0 saturated heterocycles. The van der Waals surface area contributed by atoms with Crippen LogP contribution < -0.4 is 22.2 Å². The lowest BCUT2D eigenvalue weighted by Gasteiger charge is -2.29. The molecule has 0 spiro atoms. The van der Waals surface area contributed by atoms with Crippen molar-refractivity contribution < 1.29 is 22.0 Å². The minimum atomic E-state index is -4.54. The molecule has 14 heteroatoms. The van der Waals surface area contributed by atoms with Crippen molar-refractivity contribution in [3.8, 4) is 12.1 Å². The van der Waals surface area contributed by atoms with Gasteiger partial charge in [-0.3, -0.25) is 9.97 Å². The van der Waals surface area contributed by atoms with Gasteiger partial charge >= 0.3 is 6.18 Å². The van der Waals surface area contributed by atoms with E-state index in [9.17, 15) is 32.5 Å². The van der Waals surface area contributed by atoms with E-state index in [2.05, 4.69) is 26.7 Å². The van der Waals surface area contributed by atoms with Crippen molar-refractivity contribution in [2.75, 3.05) is 17.2 Å². The Morgan fingerprint density at radius 2 is 1.78 bits per heavy atom. The van der Waals surface area contributed by atoms with Crippen LogP contribution in [0.15, 0.2) is 66.8 Å². The number of alkyl halides is 5. The van der Waals surface area contributed by atoms with Crippen LogP contribution in [0, 0.1) is 28.1 Å². The maximum absolute atomic E-state index is 13.8. The summed E-state index contributed by atoms with van der Waals surface area (Å²) in [5.41, 5.74) is 4.78. The van der Waals surface area contributed by atoms with E-state index in [0.717, 1.165) is 18.9 Å². The van der Waals surface area contributed by atoms with Gasteiger partial charge in [-0.05, 0) is 56.5 Å². The lowest BCUT2D eigenvalue weighted by atomic mass is 9.92. The monoisotopic (exact) mass is 635 g/mol. The van der Waals surface area contributed by atoms with Crippen LogP contribution in [0.2, 0.25) is 0 Å². The first-order valence-corrected chi connectivity index (χ1v) is 14.2. The molecule has 238 valence electrons. The largest absolute Gasteiger partial charge is 0.399 e. The van der Waals surface area contributed by atoms with Crippen LogP contribution in [0.25, 0.3) is 21.8 Å². The second kappa shape index (κ2) is 11.9. The van der Waals surface area contributed by atoms with Gasteiger partial charge < -0.3 is 21.4 Å². The van der Waals surface area contributed by atoms with Crippen molar-refractivity contribution >= 4 is 33.2 Å². The van der Waals surface area contributed by atoms with Gasteiger partial charge in [0, 0.05) is 41.6 Å². The molecule has 1 atom stereocenters. The highest BCUT2D eigenvalue weighted by molar-refractivity contribution is 5.99. The van der Waals surface area contributed by atoms with Crippen molar-refractivity contribution in [2.24, 2.45) is 17.0 Å². The van der Waals surface area contributed by atoms with E-state index in [-0.39, 0.29) is 46.3 Å². The predicted octanol–water partition coefficient (Wildman–Crippen LogP) is 6.45. The number of nitrogens with one attached hydrogen (secondary N) is 2. The normalized spacial score (nSPS) is 15.3. The highest BCUT2D eigenvalue weighted by atomic mass is 19.4. The molecule has 2 aromatic heterocycles. The molecule has 0 radical (unpaired) electrons. The van der Waals surface area contributed by atoms with Gasteiger partial charge in [0.1, 0.15) is 17.7 Å². The summed E-state index contributed by atoms with van der Waals surface area (Å²) in [6.45, 7) is 1.49. The number of hydrogen-bond donors (Lipinski definition) is 4. The summed E-state index contributed by atoms with van der Waals surface area (Å²) in [5, 5.41) is 27.7. The van der Waals surface area contributed by atoms with Crippen molar-refractivity contribution in [2.45, 2.75) is 50.9 Å². The molecule has 4 aromatic rings. The lowest BCUT2D eigenvalue weighted by molar-refractivity contribution is -0.206. The van der Waals surface area contributed by atoms with Gasteiger partial charge in [0.2, 0.25) is 0 Å². The summed E-state index contributed by atoms with van der Waals surface area (Å²) in [6.07, 6.45) is -2.81. The fourth-order valence-corrected chi connectivity index (χ4v) is 5.12. The highest BCUT2D eigenvalue weighted by Crippen LogP contribution is 2.46. The first-order valence-electron chi connectivity index (χ1n) is 14.2. The smallest absolute Gasteiger partial charge is 0.395 e. The minimum Gasteiger partial charge on any atom is -0.399 e. The molecule has 1 aliphatic carbocycles. The molecule has 2 heterocycles. The Hall–Kier alpha value is -5.21. The Morgan fingerprint density at radius 3 is 2.41 bits per heavy atom. The predicted molar refractivity (Wildman–Crippen MR) is 164 cm³/mol. The van der Waals surface area contributed by atoms with Crippen LogP contribution >= 0.6 is 0 Å². The van der Waals surface area contributed by atoms with E-state index in [1.807, 2.05) is 12.1 Å². The molecule has 5 rings (SSSR count). The van der Waals surface area contributed by atoms with Gasteiger partial charge in [-0.15, -0.1) is 0 Å². The van der Waals surface area contributed by atoms with Crippen LogP contribution in [0.1, 0.15) is 49.4 Å². The third-order valence-corrected chi connectivity index (χ3v) is 8.29. The Labute approximate surface area is 261 Å². The Morgan fingerprint density at radius 1 is 1.07 bits per heavy atom. The van der Waals surface area contributed by atoms with Crippen LogP contribution in [0.4, 0.5) is 33.3 Å². The van der Waals surface area contributed by atoms with Crippen LogP contribution in [0.3, 0.4) is 0 Å². The number of pyridine rings is 2. The molecular formula is C32H30F5N9. The van der Waals surface area contributed by atoms with Crippen molar-refractivity contribution in [3.63, 3.8) is 0 Å². The third kappa shape index (κ3) is 5.91. The number of aromatic nitrogens is 2. The van der Waals surface area contributed by atoms with Gasteiger partial charge in [0.15, 0.2) is 0 Å². The summed E-state index contributed by atoms with van der Waals surface area (Å²) in [4.78, 5) is 8.64. The molecule has 46 heavy (non-hydrogen) atoms. The molecule has 0 bridgehead atoms. The van der Waals surface area contributed by atoms with E-state index in [0.29, 0.717) is 22.2 Å². The van der Waals surface area contributed by atoms with Crippen LogP contribution in [0.5, 0.6) is 0 Å². The summed E-state index contributed by atoms with van der Waals surface area (Å²) in [7, 11) is 0. The first-order chi connectivity index (χ1) is 21.7. The molecule has 6 N–H and O–H groups in total. The number of anilines is 2. The summed E-state index contributed by atoms with van der Waals surface area (Å²) in [5.74, 6) is 6.10. The van der Waals surface area contributed by atoms with Crippen molar-refractivity contribution in [1.29, 1.82) is 10.5 Å². The third-order valence-electron chi connectivity index (χ3n) is 8.29. The highest BCUT2D eigenvalue weighted by Gasteiger charge is 2.55. The topological polar surface area (TPSA) is 153 Å². The van der Waals surface area contributed by atoms with E-state index < -0.39 is 36.1 Å². The Kier molecular flexibility index (Phi) is 8.36. The van der Waals surface area contributed by atoms with Gasteiger partial charge in [-0.2, -0.15) is 23.7 Å². The van der Waals surface area contributed by atoms with Crippen molar-refractivity contribution in [1.82, 2.24) is 15.0 Å². The molecule has 0 aliphatic heterocycles. The zero-order valence-electron chi connectivity index (χ0n) is 24.8. The average molecular weight is 636 g/mol. The van der Waals surface area contributed by atoms with Gasteiger partial charge in [0.05, 0.1) is 45.0 Å². The number of fused-ring (bicyclic) bond motifs is 2. The number of hydrazine groups is 1. The number of nitriles is 2. The second-order valence-electron chi connectivity index (χ2n) is 11.9. The minimum absolute atomic E-state index is 0.0249. The molecule has 1 aliphatic rings. The van der Waals surface area contributed by atoms with Gasteiger partial charge in [0.25, 0.3) is 6.43 Å². The number of benzene rings is 2. The Balaban J connectivity index is 1.64. The van der Waals surface area contributed by atoms with Gasteiger partial charge in [-0.1, -0.05) is 18.2 Å². The van der Waals surface area contributed by atoms with Crippen molar-refractivity contribution in [3.05, 3.63) is 83.4 Å². The zero-order valence-corrected chi connectivity index (χ0v) is 24.8. The second-order valence-corrected chi connectivity index (χ2v) is 11.9. The van der Waals surface area contributed by atoms with E-state index in [1.54, 1.807) is 36.5 Å². The summed E-state index contributed by atoms with van der Waals surface area (Å²) >= 11 is 0. The summed E-state index contributed by atoms with van der Waals surface area (Å²) in [6, 6.07) is 15.0. The quantitative estimate of drug-likeness (QED) is 0.0874. The SMILES string of the molecule is CC(C)(CNc1c(C#N)cnc2c(C#N)cc(N[C@H](/C(N)=C/N(N)C3(C(F)F)CC3)c3cccc4ncccc34)cc12)C(F)(F)F. The molecule has 0 unspecified atom stereocenters. The van der Waals surface area contributed by atoms with E-state index in [4.69, 9.17) is 11.6 Å². The molecule has 9 nitrogen and oxygen atoms in total. The molecular weight excluding hydrogens is 605 g/mol. The van der Waals surface area contributed by atoms with Crippen LogP contribution in [-0.4, -0.2) is 39.7 Å². The first kappa shape index (κ1) is 32.2. The average Bonchev–Trinajstić information content (AvgIpc) is 3.84. The van der Waals surface area contributed by atoms with E-state index in [1.165, 1.54) is 18.5 Å². The molecule has 0 amide bonds. The number of nitrogens with zero attached hydrogens (tertiary/aromatic N) is 5. The number of halogens is 5. The molecule has 1 fully saturated rings. The lowest BCUT2D eigenvalue weighted by Crippen LogP contribution is -2.44. The standard InChI is InChI=1S/C32H30F5N9/c1-30(2,32(35,36)37)17-44-27-19(14-39)15-43-26-18(13-38)11-20(12-23(26)27)45-28(22-5-3-7-25-21(22)6-4-10-42-25)24(40)16-46(41)31(8-9-31)29(33)34/h3-7,10-12,15-16,28-29,45H,8-9,17,40-41H2,1-2H3,(H,43,44)/b24-16-/t28-/m0/s1. The summed E-state index contributed by atoms with van der Waals surface area (Å²) < 4.78 is 68.7. The maximum atomic E-state index is 13.8. The van der Waals surface area contributed by atoms with E-state index >= 15 is 0 Å². The van der Waals surface area contributed by atoms with Gasteiger partial charge in [-0.25, -0.2) is 14.6 Å². The number of rotatable bonds is 10. The molecule has 1 saturated carbocycles. The fourth-order valence-electron chi connectivity index (χ4n) is 5.12. The number of hydrogen-bond acceptors (Lipinski definition) is 9. The Bertz CT molecular complexity index is 1900.